The lowest BCUT2D eigenvalue weighted by atomic mass is 10.1. The third kappa shape index (κ3) is 6.31. The van der Waals surface area contributed by atoms with Gasteiger partial charge in [0, 0.05) is 88.8 Å². The summed E-state index contributed by atoms with van der Waals surface area (Å²) in [5.41, 5.74) is 2.14. The summed E-state index contributed by atoms with van der Waals surface area (Å²) in [6, 6.07) is 7.20. The van der Waals surface area contributed by atoms with E-state index in [0.29, 0.717) is 69.7 Å². The van der Waals surface area contributed by atoms with Crippen LogP contribution in [0.1, 0.15) is 12.5 Å². The van der Waals surface area contributed by atoms with Crippen LogP contribution in [-0.4, -0.2) is 103 Å². The van der Waals surface area contributed by atoms with E-state index in [1.54, 1.807) is 17.2 Å². The normalized spacial score (nSPS) is 18.0. The van der Waals surface area contributed by atoms with Crippen LogP contribution >= 0.6 is 11.6 Å². The van der Waals surface area contributed by atoms with Crippen LogP contribution in [0.2, 0.25) is 5.02 Å². The molecule has 0 saturated carbocycles. The number of carbonyl (C=O) groups excluding carboxylic acids is 2. The molecule has 13 heteroatoms. The Bertz CT molecular complexity index is 1190. The van der Waals surface area contributed by atoms with Gasteiger partial charge in [-0.1, -0.05) is 17.7 Å². The average Bonchev–Trinajstić information content (AvgIpc) is 3.27. The Morgan fingerprint density at radius 2 is 1.71 bits per heavy atom. The first-order valence-electron chi connectivity index (χ1n) is 11.4. The minimum atomic E-state index is -3.19. The smallest absolute Gasteiger partial charge is 0.344 e. The molecule has 2 aromatic rings. The lowest BCUT2D eigenvalue weighted by molar-refractivity contribution is -0.114. The van der Waals surface area contributed by atoms with Gasteiger partial charge in [-0.05, 0) is 17.7 Å². The molecule has 2 saturated heterocycles. The molecule has 2 fully saturated rings. The van der Waals surface area contributed by atoms with Crippen molar-refractivity contribution in [3.8, 4) is 0 Å². The number of halogens is 1. The van der Waals surface area contributed by atoms with E-state index in [2.05, 4.69) is 20.2 Å². The molecule has 2 amide bonds. The maximum Gasteiger partial charge on any atom is 0.344 e. The van der Waals surface area contributed by atoms with Gasteiger partial charge in [-0.3, -0.25) is 9.69 Å². The van der Waals surface area contributed by atoms with Crippen LogP contribution in [0.15, 0.2) is 30.5 Å². The molecule has 2 aliphatic rings. The first-order valence-corrected chi connectivity index (χ1v) is 13.7. The first-order chi connectivity index (χ1) is 16.6. The second-order valence-electron chi connectivity index (χ2n) is 8.79. The number of hydrogen-bond acceptors (Lipinski definition) is 7. The van der Waals surface area contributed by atoms with Crippen molar-refractivity contribution < 1.29 is 18.0 Å². The molecule has 2 aliphatic heterocycles. The van der Waals surface area contributed by atoms with Crippen molar-refractivity contribution in [2.45, 2.75) is 13.5 Å². The molecule has 0 aliphatic carbocycles. The monoisotopic (exact) mass is 523 g/mol. The van der Waals surface area contributed by atoms with E-state index in [1.165, 1.54) is 22.2 Å². The summed E-state index contributed by atoms with van der Waals surface area (Å²) < 4.78 is 26.4. The van der Waals surface area contributed by atoms with E-state index in [4.69, 9.17) is 11.6 Å². The van der Waals surface area contributed by atoms with Gasteiger partial charge >= 0.3 is 6.03 Å². The van der Waals surface area contributed by atoms with Crippen molar-refractivity contribution in [1.29, 1.82) is 0 Å². The zero-order valence-corrected chi connectivity index (χ0v) is 21.4. The van der Waals surface area contributed by atoms with E-state index in [-0.39, 0.29) is 11.9 Å². The van der Waals surface area contributed by atoms with Crippen LogP contribution in [0.4, 0.5) is 16.3 Å². The van der Waals surface area contributed by atoms with E-state index in [1.807, 2.05) is 18.2 Å². The Morgan fingerprint density at radius 3 is 2.34 bits per heavy atom. The third-order valence-corrected chi connectivity index (χ3v) is 7.76. The molecule has 0 atom stereocenters. The van der Waals surface area contributed by atoms with Gasteiger partial charge in [0.2, 0.25) is 15.9 Å². The van der Waals surface area contributed by atoms with Crippen LogP contribution in [-0.2, 0) is 21.4 Å². The Kier molecular flexibility index (Phi) is 7.64. The zero-order valence-electron chi connectivity index (χ0n) is 19.9. The molecule has 1 N–H and O–H groups in total. The molecule has 1 aromatic heterocycles. The number of sulfonamides is 1. The van der Waals surface area contributed by atoms with Gasteiger partial charge < -0.3 is 15.1 Å². The number of nitrogens with one attached hydrogen (secondary N) is 1. The summed E-state index contributed by atoms with van der Waals surface area (Å²) in [7, 11) is -3.19. The lowest BCUT2D eigenvalue weighted by Crippen LogP contribution is -2.50. The standard InChI is InChI=1S/C22H30ClN7O4S/c1-17(31)24-21-5-6-30(25-21)22(32)28-9-7-26(8-10-28)16-18-3-4-19(23)15-20(18)27-11-13-29(14-12-27)35(2,33)34/h3-6,15H,7-14,16H2,1-2H3,(H,24,25,31). The van der Waals surface area contributed by atoms with Gasteiger partial charge in [-0.15, -0.1) is 5.10 Å². The molecule has 0 bridgehead atoms. The summed E-state index contributed by atoms with van der Waals surface area (Å²) in [5.74, 6) is 0.104. The molecule has 0 radical (unpaired) electrons. The molecule has 1 aromatic carbocycles. The number of piperazine rings is 2. The molecular weight excluding hydrogens is 494 g/mol. The number of carbonyl (C=O) groups is 2. The average molecular weight is 524 g/mol. The predicted octanol–water partition coefficient (Wildman–Crippen LogP) is 1.36. The Hall–Kier alpha value is -2.67. The van der Waals surface area contributed by atoms with Gasteiger partial charge in [0.1, 0.15) is 0 Å². The van der Waals surface area contributed by atoms with Crippen molar-refractivity contribution in [2.75, 3.05) is 68.8 Å². The van der Waals surface area contributed by atoms with Gasteiger partial charge in [0.25, 0.3) is 0 Å². The van der Waals surface area contributed by atoms with Crippen molar-refractivity contribution in [3.05, 3.63) is 41.0 Å². The van der Waals surface area contributed by atoms with Crippen LogP contribution in [0.25, 0.3) is 0 Å². The lowest BCUT2D eigenvalue weighted by Gasteiger charge is -2.38. The minimum Gasteiger partial charge on any atom is -0.369 e. The number of amides is 2. The summed E-state index contributed by atoms with van der Waals surface area (Å²) in [6.45, 7) is 6.72. The molecule has 4 rings (SSSR count). The molecule has 11 nitrogen and oxygen atoms in total. The van der Waals surface area contributed by atoms with E-state index in [0.717, 1.165) is 11.3 Å². The van der Waals surface area contributed by atoms with Crippen LogP contribution in [0.5, 0.6) is 0 Å². The molecule has 0 unspecified atom stereocenters. The van der Waals surface area contributed by atoms with E-state index in [9.17, 15) is 18.0 Å². The van der Waals surface area contributed by atoms with Crippen molar-refractivity contribution in [3.63, 3.8) is 0 Å². The summed E-state index contributed by atoms with van der Waals surface area (Å²) >= 11 is 6.30. The Balaban J connectivity index is 1.36. The van der Waals surface area contributed by atoms with Gasteiger partial charge in [0.15, 0.2) is 5.82 Å². The predicted molar refractivity (Wildman–Crippen MR) is 134 cm³/mol. The molecular formula is C22H30ClN7O4S. The fourth-order valence-corrected chi connectivity index (χ4v) is 5.38. The van der Waals surface area contributed by atoms with Gasteiger partial charge in [-0.2, -0.15) is 8.99 Å². The Labute approximate surface area is 210 Å². The summed E-state index contributed by atoms with van der Waals surface area (Å²) in [4.78, 5) is 30.2. The summed E-state index contributed by atoms with van der Waals surface area (Å²) in [6.07, 6.45) is 2.79. The SMILES string of the molecule is CC(=O)Nc1ccn(C(=O)N2CCN(Cc3ccc(Cl)cc3N3CCN(S(C)(=O)=O)CC3)CC2)n1. The minimum absolute atomic E-state index is 0.225. The molecule has 190 valence electrons. The second kappa shape index (κ2) is 10.5. The molecule has 35 heavy (non-hydrogen) atoms. The van der Waals surface area contributed by atoms with E-state index < -0.39 is 10.0 Å². The van der Waals surface area contributed by atoms with Crippen LogP contribution in [0.3, 0.4) is 0 Å². The Morgan fingerprint density at radius 1 is 1.03 bits per heavy atom. The van der Waals surface area contributed by atoms with Crippen LogP contribution in [0, 0.1) is 0 Å². The first kappa shape index (κ1) is 25.4. The number of aromatic nitrogens is 2. The van der Waals surface area contributed by atoms with Crippen molar-refractivity contribution >= 4 is 45.1 Å². The second-order valence-corrected chi connectivity index (χ2v) is 11.2. The largest absolute Gasteiger partial charge is 0.369 e. The third-order valence-electron chi connectivity index (χ3n) is 6.22. The number of nitrogens with zero attached hydrogens (tertiary/aromatic N) is 6. The number of benzene rings is 1. The zero-order chi connectivity index (χ0) is 25.2. The maximum absolute atomic E-state index is 12.8. The summed E-state index contributed by atoms with van der Waals surface area (Å²) in [5, 5.41) is 7.33. The van der Waals surface area contributed by atoms with E-state index >= 15 is 0 Å². The quantitative estimate of drug-likeness (QED) is 0.630. The highest BCUT2D eigenvalue weighted by Crippen LogP contribution is 2.28. The fourth-order valence-electron chi connectivity index (χ4n) is 4.39. The highest BCUT2D eigenvalue weighted by Gasteiger charge is 2.27. The number of hydrogen-bond donors (Lipinski definition) is 1. The molecule has 3 heterocycles. The maximum atomic E-state index is 12.8. The fraction of sp³-hybridized carbons (Fsp3) is 0.500. The van der Waals surface area contributed by atoms with Crippen molar-refractivity contribution in [2.24, 2.45) is 0 Å². The van der Waals surface area contributed by atoms with Gasteiger partial charge in [-0.25, -0.2) is 13.2 Å². The molecule has 0 spiro atoms. The topological polar surface area (TPSA) is 111 Å². The number of rotatable bonds is 5. The highest BCUT2D eigenvalue weighted by molar-refractivity contribution is 7.88. The number of anilines is 2. The van der Waals surface area contributed by atoms with Crippen molar-refractivity contribution in [1.82, 2.24) is 23.9 Å². The van der Waals surface area contributed by atoms with Gasteiger partial charge in [0.05, 0.1) is 6.26 Å². The highest BCUT2D eigenvalue weighted by atomic mass is 35.5. The van der Waals surface area contributed by atoms with Crippen LogP contribution < -0.4 is 10.2 Å².